The summed E-state index contributed by atoms with van der Waals surface area (Å²) < 4.78 is 11.1. The minimum Gasteiger partial charge on any atom is -0.469 e. The Labute approximate surface area is 111 Å². The second-order valence-corrected chi connectivity index (χ2v) is 4.55. The smallest absolute Gasteiger partial charge is 0.197 e. The lowest BCUT2D eigenvalue weighted by atomic mass is 10.1. The second-order valence-electron chi connectivity index (χ2n) is 4.55. The van der Waals surface area contributed by atoms with Gasteiger partial charge in [0.25, 0.3) is 0 Å². The van der Waals surface area contributed by atoms with Crippen molar-refractivity contribution in [3.05, 3.63) is 53.8 Å². The predicted molar refractivity (Wildman–Crippen MR) is 73.0 cm³/mol. The lowest BCUT2D eigenvalue weighted by Crippen LogP contribution is -2.19. The first-order chi connectivity index (χ1) is 9.28. The topological polar surface area (TPSA) is 51.2 Å². The largest absolute Gasteiger partial charge is 0.469 e. The number of benzene rings is 1. The van der Waals surface area contributed by atoms with Crippen molar-refractivity contribution in [2.45, 2.75) is 19.4 Å². The molecule has 1 N–H and O–H groups in total. The van der Waals surface area contributed by atoms with Gasteiger partial charge in [0.15, 0.2) is 11.5 Å². The molecule has 0 amide bonds. The maximum Gasteiger partial charge on any atom is 0.197 e. The van der Waals surface area contributed by atoms with Crippen LogP contribution in [0.1, 0.15) is 23.3 Å². The number of hydrogen-bond donors (Lipinski definition) is 1. The number of rotatable bonds is 4. The van der Waals surface area contributed by atoms with Crippen LogP contribution in [0.4, 0.5) is 0 Å². The van der Waals surface area contributed by atoms with E-state index in [0.29, 0.717) is 6.42 Å². The number of nitrogens with zero attached hydrogens (tertiary/aromatic N) is 1. The highest BCUT2D eigenvalue weighted by Gasteiger charge is 2.17. The molecule has 0 bridgehead atoms. The number of fused-ring (bicyclic) bond motifs is 1. The van der Waals surface area contributed by atoms with Gasteiger partial charge in [0.2, 0.25) is 0 Å². The van der Waals surface area contributed by atoms with E-state index >= 15 is 0 Å². The van der Waals surface area contributed by atoms with Gasteiger partial charge in [0.1, 0.15) is 11.3 Å². The van der Waals surface area contributed by atoms with Gasteiger partial charge in [-0.05, 0) is 32.2 Å². The Balaban J connectivity index is 1.88. The lowest BCUT2D eigenvalue weighted by molar-refractivity contribution is 0.464. The number of aromatic nitrogens is 1. The summed E-state index contributed by atoms with van der Waals surface area (Å²) >= 11 is 0. The number of likely N-dealkylation sites (N-methyl/N-ethyl adjacent to an activating group) is 1. The van der Waals surface area contributed by atoms with Crippen LogP contribution in [0.25, 0.3) is 11.1 Å². The molecule has 19 heavy (non-hydrogen) atoms. The minimum atomic E-state index is 0.145. The van der Waals surface area contributed by atoms with Crippen LogP contribution in [0, 0.1) is 6.92 Å². The standard InChI is InChI=1S/C15H16N2O2/c1-10-11(7-8-18-10)13(16-2)9-15-17-12-5-3-4-6-14(12)19-15/h3-8,13,16H,9H2,1-2H3. The third-order valence-electron chi connectivity index (χ3n) is 3.34. The molecule has 2 heterocycles. The molecule has 0 aliphatic heterocycles. The molecule has 1 atom stereocenters. The maximum absolute atomic E-state index is 5.76. The Morgan fingerprint density at radius 3 is 2.79 bits per heavy atom. The van der Waals surface area contributed by atoms with Crippen LogP contribution < -0.4 is 5.32 Å². The molecule has 3 aromatic rings. The summed E-state index contributed by atoms with van der Waals surface area (Å²) in [5.41, 5.74) is 2.87. The molecule has 1 aromatic carbocycles. The van der Waals surface area contributed by atoms with Crippen LogP contribution in [0.15, 0.2) is 45.4 Å². The average molecular weight is 256 g/mol. The van der Waals surface area contributed by atoms with E-state index in [1.54, 1.807) is 6.26 Å². The second kappa shape index (κ2) is 4.90. The van der Waals surface area contributed by atoms with Crippen molar-refractivity contribution in [1.82, 2.24) is 10.3 Å². The van der Waals surface area contributed by atoms with Crippen molar-refractivity contribution in [3.63, 3.8) is 0 Å². The van der Waals surface area contributed by atoms with E-state index < -0.39 is 0 Å². The molecule has 0 saturated heterocycles. The Bertz CT molecular complexity index is 651. The fourth-order valence-electron chi connectivity index (χ4n) is 2.31. The number of aryl methyl sites for hydroxylation is 1. The van der Waals surface area contributed by atoms with Gasteiger partial charge in [0.05, 0.1) is 6.26 Å². The quantitative estimate of drug-likeness (QED) is 0.778. The summed E-state index contributed by atoms with van der Waals surface area (Å²) in [6.07, 6.45) is 2.41. The van der Waals surface area contributed by atoms with Crippen molar-refractivity contribution in [3.8, 4) is 0 Å². The molecule has 0 fully saturated rings. The number of hydrogen-bond acceptors (Lipinski definition) is 4. The van der Waals surface area contributed by atoms with Crippen LogP contribution in [0.2, 0.25) is 0 Å². The number of nitrogens with one attached hydrogen (secondary N) is 1. The molecular weight excluding hydrogens is 240 g/mol. The highest BCUT2D eigenvalue weighted by molar-refractivity contribution is 5.72. The van der Waals surface area contributed by atoms with Crippen LogP contribution in [0.5, 0.6) is 0 Å². The first-order valence-electron chi connectivity index (χ1n) is 6.33. The molecule has 2 aromatic heterocycles. The van der Waals surface area contributed by atoms with Crippen LogP contribution in [-0.2, 0) is 6.42 Å². The van der Waals surface area contributed by atoms with Crippen LogP contribution in [0.3, 0.4) is 0 Å². The third-order valence-corrected chi connectivity index (χ3v) is 3.34. The zero-order valence-electron chi connectivity index (χ0n) is 11.0. The van der Waals surface area contributed by atoms with Crippen LogP contribution in [-0.4, -0.2) is 12.0 Å². The molecular formula is C15H16N2O2. The fraction of sp³-hybridized carbons (Fsp3) is 0.267. The Morgan fingerprint density at radius 2 is 2.11 bits per heavy atom. The van der Waals surface area contributed by atoms with Gasteiger partial charge in [-0.15, -0.1) is 0 Å². The summed E-state index contributed by atoms with van der Waals surface area (Å²) in [6.45, 7) is 1.96. The Kier molecular flexibility index (Phi) is 3.09. The monoisotopic (exact) mass is 256 g/mol. The third kappa shape index (κ3) is 2.27. The molecule has 0 radical (unpaired) electrons. The van der Waals surface area contributed by atoms with Gasteiger partial charge in [-0.1, -0.05) is 12.1 Å². The average Bonchev–Trinajstić information content (AvgIpc) is 3.01. The van der Waals surface area contributed by atoms with E-state index in [9.17, 15) is 0 Å². The van der Waals surface area contributed by atoms with E-state index in [1.165, 1.54) is 0 Å². The fourth-order valence-corrected chi connectivity index (χ4v) is 2.31. The zero-order valence-corrected chi connectivity index (χ0v) is 11.0. The molecule has 0 aliphatic carbocycles. The van der Waals surface area contributed by atoms with E-state index in [-0.39, 0.29) is 6.04 Å². The first-order valence-corrected chi connectivity index (χ1v) is 6.33. The van der Waals surface area contributed by atoms with Gasteiger partial charge < -0.3 is 14.2 Å². The molecule has 0 spiro atoms. The zero-order chi connectivity index (χ0) is 13.2. The molecule has 3 rings (SSSR count). The molecule has 4 heteroatoms. The minimum absolute atomic E-state index is 0.145. The highest BCUT2D eigenvalue weighted by atomic mass is 16.3. The van der Waals surface area contributed by atoms with E-state index in [4.69, 9.17) is 8.83 Å². The Morgan fingerprint density at radius 1 is 1.26 bits per heavy atom. The van der Waals surface area contributed by atoms with Crippen molar-refractivity contribution < 1.29 is 8.83 Å². The molecule has 0 aliphatic rings. The summed E-state index contributed by atoms with van der Waals surface area (Å²) in [5, 5.41) is 3.28. The first kappa shape index (κ1) is 12.0. The molecule has 0 saturated carbocycles. The molecule has 1 unspecified atom stereocenters. The van der Waals surface area contributed by atoms with Crippen molar-refractivity contribution in [2.24, 2.45) is 0 Å². The SMILES string of the molecule is CNC(Cc1nc2ccccc2o1)c1ccoc1C. The van der Waals surface area contributed by atoms with Gasteiger partial charge in [-0.25, -0.2) is 4.98 Å². The summed E-state index contributed by atoms with van der Waals surface area (Å²) in [4.78, 5) is 4.50. The van der Waals surface area contributed by atoms with E-state index in [0.717, 1.165) is 28.3 Å². The van der Waals surface area contributed by atoms with Crippen LogP contribution >= 0.6 is 0 Å². The predicted octanol–water partition coefficient (Wildman–Crippen LogP) is 3.23. The lowest BCUT2D eigenvalue weighted by Gasteiger charge is -2.13. The molecule has 98 valence electrons. The van der Waals surface area contributed by atoms with Crippen molar-refractivity contribution >= 4 is 11.1 Å². The van der Waals surface area contributed by atoms with E-state index in [2.05, 4.69) is 10.3 Å². The van der Waals surface area contributed by atoms with Gasteiger partial charge in [-0.2, -0.15) is 0 Å². The highest BCUT2D eigenvalue weighted by Crippen LogP contribution is 2.24. The number of oxazole rings is 1. The Hall–Kier alpha value is -2.07. The number of furan rings is 1. The molecule has 4 nitrogen and oxygen atoms in total. The summed E-state index contributed by atoms with van der Waals surface area (Å²) in [5.74, 6) is 1.66. The van der Waals surface area contributed by atoms with Gasteiger partial charge in [0, 0.05) is 18.0 Å². The maximum atomic E-state index is 5.76. The van der Waals surface area contributed by atoms with Gasteiger partial charge in [-0.3, -0.25) is 0 Å². The summed E-state index contributed by atoms with van der Waals surface area (Å²) in [6, 6.07) is 9.94. The normalized spacial score (nSPS) is 12.9. The van der Waals surface area contributed by atoms with Crippen molar-refractivity contribution in [1.29, 1.82) is 0 Å². The van der Waals surface area contributed by atoms with Gasteiger partial charge >= 0.3 is 0 Å². The van der Waals surface area contributed by atoms with Crippen molar-refractivity contribution in [2.75, 3.05) is 7.05 Å². The number of para-hydroxylation sites is 2. The summed E-state index contributed by atoms with van der Waals surface area (Å²) in [7, 11) is 1.93. The van der Waals surface area contributed by atoms with E-state index in [1.807, 2.05) is 44.3 Å².